The van der Waals surface area contributed by atoms with Crippen molar-refractivity contribution in [1.82, 2.24) is 4.90 Å². The molecule has 0 radical (unpaired) electrons. The standard InChI is InChI=1S/C15H18ClNO3/c1-2-14(18)17-9-4-3-8-13(17)15(19)20-12-7-5-6-11(16)10-12/h5-7,10,13H,2-4,8-9H2,1H3. The molecular weight excluding hydrogens is 278 g/mol. The van der Waals surface area contributed by atoms with Crippen LogP contribution in [0.15, 0.2) is 24.3 Å². The molecule has 5 heteroatoms. The van der Waals surface area contributed by atoms with E-state index in [0.717, 1.165) is 12.8 Å². The average molecular weight is 296 g/mol. The summed E-state index contributed by atoms with van der Waals surface area (Å²) in [4.78, 5) is 25.8. The maximum atomic E-state index is 12.3. The van der Waals surface area contributed by atoms with Gasteiger partial charge in [-0.05, 0) is 37.5 Å². The number of ether oxygens (including phenoxy) is 1. The zero-order chi connectivity index (χ0) is 14.5. The largest absolute Gasteiger partial charge is 0.425 e. The molecule has 1 aliphatic rings. The van der Waals surface area contributed by atoms with Crippen LogP contribution in [-0.2, 0) is 9.59 Å². The fourth-order valence-electron chi connectivity index (χ4n) is 2.39. The Balaban J connectivity index is 2.08. The smallest absolute Gasteiger partial charge is 0.334 e. The number of nitrogens with zero attached hydrogens (tertiary/aromatic N) is 1. The fraction of sp³-hybridized carbons (Fsp3) is 0.467. The van der Waals surface area contributed by atoms with Crippen LogP contribution in [0.1, 0.15) is 32.6 Å². The van der Waals surface area contributed by atoms with E-state index in [-0.39, 0.29) is 11.9 Å². The number of rotatable bonds is 3. The number of likely N-dealkylation sites (tertiary alicyclic amines) is 1. The van der Waals surface area contributed by atoms with Gasteiger partial charge in [0.25, 0.3) is 0 Å². The molecule has 20 heavy (non-hydrogen) atoms. The average Bonchev–Trinajstić information content (AvgIpc) is 2.46. The van der Waals surface area contributed by atoms with Gasteiger partial charge >= 0.3 is 5.97 Å². The van der Waals surface area contributed by atoms with E-state index in [1.165, 1.54) is 0 Å². The van der Waals surface area contributed by atoms with E-state index in [2.05, 4.69) is 0 Å². The van der Waals surface area contributed by atoms with Gasteiger partial charge < -0.3 is 9.64 Å². The fourth-order valence-corrected chi connectivity index (χ4v) is 2.57. The van der Waals surface area contributed by atoms with Gasteiger partial charge in [-0.15, -0.1) is 0 Å². The number of benzene rings is 1. The van der Waals surface area contributed by atoms with Gasteiger partial charge in [0.05, 0.1) is 0 Å². The quantitative estimate of drug-likeness (QED) is 0.636. The molecule has 0 spiro atoms. The summed E-state index contributed by atoms with van der Waals surface area (Å²) in [5, 5.41) is 0.514. The van der Waals surface area contributed by atoms with Gasteiger partial charge in [0.2, 0.25) is 5.91 Å². The minimum absolute atomic E-state index is 0.00209. The van der Waals surface area contributed by atoms with Crippen LogP contribution in [0.2, 0.25) is 5.02 Å². The molecule has 1 aromatic carbocycles. The highest BCUT2D eigenvalue weighted by atomic mass is 35.5. The summed E-state index contributed by atoms with van der Waals surface area (Å²) in [6, 6.07) is 6.23. The van der Waals surface area contributed by atoms with E-state index in [1.807, 2.05) is 0 Å². The maximum absolute atomic E-state index is 12.3. The van der Waals surface area contributed by atoms with Gasteiger partial charge in [0.15, 0.2) is 0 Å². The summed E-state index contributed by atoms with van der Waals surface area (Å²) in [7, 11) is 0. The van der Waals surface area contributed by atoms with Crippen LogP contribution in [0.3, 0.4) is 0 Å². The molecule has 1 aromatic rings. The van der Waals surface area contributed by atoms with Crippen molar-refractivity contribution >= 4 is 23.5 Å². The van der Waals surface area contributed by atoms with Crippen molar-refractivity contribution in [2.45, 2.75) is 38.6 Å². The van der Waals surface area contributed by atoms with Crippen molar-refractivity contribution in [3.63, 3.8) is 0 Å². The monoisotopic (exact) mass is 295 g/mol. The third-order valence-corrected chi connectivity index (χ3v) is 3.65. The summed E-state index contributed by atoms with van der Waals surface area (Å²) >= 11 is 5.86. The Bertz CT molecular complexity index is 504. The topological polar surface area (TPSA) is 46.6 Å². The minimum Gasteiger partial charge on any atom is -0.425 e. The predicted octanol–water partition coefficient (Wildman–Crippen LogP) is 3.04. The van der Waals surface area contributed by atoms with Crippen LogP contribution in [0.25, 0.3) is 0 Å². The first-order chi connectivity index (χ1) is 9.61. The lowest BCUT2D eigenvalue weighted by Crippen LogP contribution is -2.49. The molecule has 0 bridgehead atoms. The molecule has 0 aromatic heterocycles. The molecule has 1 amide bonds. The second-order valence-corrected chi connectivity index (χ2v) is 5.27. The molecule has 1 atom stereocenters. The summed E-state index contributed by atoms with van der Waals surface area (Å²) in [5.74, 6) is 0.0310. The predicted molar refractivity (Wildman–Crippen MR) is 76.7 cm³/mol. The van der Waals surface area contributed by atoms with Gasteiger partial charge in [-0.25, -0.2) is 4.79 Å². The Hall–Kier alpha value is -1.55. The summed E-state index contributed by atoms with van der Waals surface area (Å²) < 4.78 is 5.34. The number of amides is 1. The van der Waals surface area contributed by atoms with Crippen molar-refractivity contribution < 1.29 is 14.3 Å². The van der Waals surface area contributed by atoms with E-state index >= 15 is 0 Å². The van der Waals surface area contributed by atoms with Gasteiger partial charge in [0.1, 0.15) is 11.8 Å². The molecular formula is C15H18ClNO3. The van der Waals surface area contributed by atoms with Crippen LogP contribution >= 0.6 is 11.6 Å². The number of halogens is 1. The highest BCUT2D eigenvalue weighted by Gasteiger charge is 2.32. The lowest BCUT2D eigenvalue weighted by Gasteiger charge is -2.33. The number of esters is 1. The maximum Gasteiger partial charge on any atom is 0.334 e. The van der Waals surface area contributed by atoms with Gasteiger partial charge in [-0.1, -0.05) is 24.6 Å². The summed E-state index contributed by atoms with van der Waals surface area (Å²) in [5.41, 5.74) is 0. The van der Waals surface area contributed by atoms with Gasteiger partial charge in [-0.3, -0.25) is 4.79 Å². The van der Waals surface area contributed by atoms with Gasteiger partial charge in [-0.2, -0.15) is 0 Å². The zero-order valence-electron chi connectivity index (χ0n) is 11.5. The molecule has 0 aliphatic carbocycles. The zero-order valence-corrected chi connectivity index (χ0v) is 12.2. The molecule has 1 heterocycles. The number of carbonyl (C=O) groups is 2. The van der Waals surface area contributed by atoms with Crippen LogP contribution in [0, 0.1) is 0 Å². The van der Waals surface area contributed by atoms with Crippen LogP contribution in [0.5, 0.6) is 5.75 Å². The third kappa shape index (κ3) is 3.51. The second kappa shape index (κ2) is 6.75. The molecule has 1 fully saturated rings. The number of hydrogen-bond donors (Lipinski definition) is 0. The SMILES string of the molecule is CCC(=O)N1CCCCC1C(=O)Oc1cccc(Cl)c1. The van der Waals surface area contributed by atoms with Crippen molar-refractivity contribution in [3.05, 3.63) is 29.3 Å². The van der Waals surface area contributed by atoms with E-state index in [1.54, 1.807) is 36.1 Å². The second-order valence-electron chi connectivity index (χ2n) is 4.83. The first kappa shape index (κ1) is 14.9. The van der Waals surface area contributed by atoms with Crippen LogP contribution in [0.4, 0.5) is 0 Å². The van der Waals surface area contributed by atoms with Crippen LogP contribution < -0.4 is 4.74 Å². The Morgan fingerprint density at radius 1 is 1.40 bits per heavy atom. The van der Waals surface area contributed by atoms with Gasteiger partial charge in [0, 0.05) is 18.0 Å². The Morgan fingerprint density at radius 2 is 2.20 bits per heavy atom. The Kier molecular flexibility index (Phi) is 5.01. The summed E-state index contributed by atoms with van der Waals surface area (Å²) in [6.45, 7) is 2.43. The van der Waals surface area contributed by atoms with E-state index in [4.69, 9.17) is 16.3 Å². The van der Waals surface area contributed by atoms with E-state index < -0.39 is 6.04 Å². The van der Waals surface area contributed by atoms with E-state index in [0.29, 0.717) is 30.2 Å². The highest BCUT2D eigenvalue weighted by Crippen LogP contribution is 2.22. The molecule has 1 saturated heterocycles. The Labute approximate surface area is 123 Å². The molecule has 2 rings (SSSR count). The lowest BCUT2D eigenvalue weighted by atomic mass is 10.0. The number of carbonyl (C=O) groups excluding carboxylic acids is 2. The minimum atomic E-state index is -0.477. The lowest BCUT2D eigenvalue weighted by molar-refractivity contribution is -0.149. The third-order valence-electron chi connectivity index (χ3n) is 3.41. The first-order valence-corrected chi connectivity index (χ1v) is 7.26. The molecule has 0 N–H and O–H groups in total. The molecule has 1 aliphatic heterocycles. The highest BCUT2D eigenvalue weighted by molar-refractivity contribution is 6.30. The normalized spacial score (nSPS) is 18.7. The Morgan fingerprint density at radius 3 is 2.90 bits per heavy atom. The van der Waals surface area contributed by atoms with Crippen molar-refractivity contribution in [3.8, 4) is 5.75 Å². The van der Waals surface area contributed by atoms with Crippen molar-refractivity contribution in [1.29, 1.82) is 0 Å². The molecule has 0 saturated carbocycles. The number of hydrogen-bond acceptors (Lipinski definition) is 3. The summed E-state index contributed by atoms with van der Waals surface area (Å²) in [6.07, 6.45) is 2.93. The number of piperidine rings is 1. The van der Waals surface area contributed by atoms with Crippen molar-refractivity contribution in [2.24, 2.45) is 0 Å². The van der Waals surface area contributed by atoms with Crippen molar-refractivity contribution in [2.75, 3.05) is 6.54 Å². The van der Waals surface area contributed by atoms with E-state index in [9.17, 15) is 9.59 Å². The first-order valence-electron chi connectivity index (χ1n) is 6.88. The molecule has 108 valence electrons. The molecule has 4 nitrogen and oxygen atoms in total. The molecule has 1 unspecified atom stereocenters. The van der Waals surface area contributed by atoms with Crippen LogP contribution in [-0.4, -0.2) is 29.4 Å².